The van der Waals surface area contributed by atoms with Crippen LogP contribution >= 0.6 is 0 Å². The average molecular weight is 493 g/mol. The Kier molecular flexibility index (Phi) is 5.08. The van der Waals surface area contributed by atoms with Gasteiger partial charge in [0.15, 0.2) is 5.82 Å². The number of hydrogen-bond acceptors (Lipinski definition) is 5. The van der Waals surface area contributed by atoms with E-state index in [9.17, 15) is 9.59 Å². The number of benzene rings is 3. The molecule has 3 aromatic carbocycles. The first-order valence-electron chi connectivity index (χ1n) is 11.7. The molecule has 0 aliphatic heterocycles. The number of aromatic nitrogens is 6. The lowest BCUT2D eigenvalue weighted by molar-refractivity contribution is 0.0600. The minimum absolute atomic E-state index is 0.0719. The lowest BCUT2D eigenvalue weighted by atomic mass is 10.0. The fourth-order valence-corrected chi connectivity index (χ4v) is 4.82. The van der Waals surface area contributed by atoms with Crippen LogP contribution in [-0.4, -0.2) is 41.3 Å². The molecule has 0 spiro atoms. The van der Waals surface area contributed by atoms with Crippen LogP contribution in [0.2, 0.25) is 0 Å². The monoisotopic (exact) mass is 492 g/mol. The topological polar surface area (TPSA) is 88.9 Å². The minimum Gasteiger partial charge on any atom is -0.465 e. The molecule has 9 heteroatoms. The first-order chi connectivity index (χ1) is 17.9. The summed E-state index contributed by atoms with van der Waals surface area (Å²) in [6.07, 6.45) is 3.54. The Balaban J connectivity index is 1.55. The molecule has 0 saturated carbocycles. The summed E-state index contributed by atoms with van der Waals surface area (Å²) in [5.74, 6) is 0.378. The van der Waals surface area contributed by atoms with E-state index in [1.807, 2.05) is 60.1 Å². The molecule has 6 aromatic rings. The third kappa shape index (κ3) is 3.47. The van der Waals surface area contributed by atoms with E-state index in [1.165, 1.54) is 7.11 Å². The lowest BCUT2D eigenvalue weighted by Crippen LogP contribution is -2.19. The fourth-order valence-electron chi connectivity index (χ4n) is 4.82. The Morgan fingerprint density at radius 3 is 2.24 bits per heavy atom. The van der Waals surface area contributed by atoms with E-state index in [4.69, 9.17) is 9.72 Å². The molecule has 37 heavy (non-hydrogen) atoms. The predicted molar refractivity (Wildman–Crippen MR) is 142 cm³/mol. The fraction of sp³-hybridized carbons (Fsp3) is 0.143. The molecule has 0 aliphatic carbocycles. The van der Waals surface area contributed by atoms with Crippen molar-refractivity contribution in [2.45, 2.75) is 0 Å². The number of methoxy groups -OCH3 is 1. The summed E-state index contributed by atoms with van der Waals surface area (Å²) >= 11 is 0. The molecule has 3 heterocycles. The summed E-state index contributed by atoms with van der Waals surface area (Å²) in [6, 6.07) is 19.4. The minimum atomic E-state index is -0.366. The number of esters is 1. The first kappa shape index (κ1) is 22.5. The quantitative estimate of drug-likeness (QED) is 0.346. The molecule has 9 nitrogen and oxygen atoms in total. The van der Waals surface area contributed by atoms with E-state index in [0.29, 0.717) is 5.56 Å². The van der Waals surface area contributed by atoms with Crippen LogP contribution in [-0.2, 0) is 25.9 Å². The number of aryl methyl sites for hydroxylation is 3. The van der Waals surface area contributed by atoms with E-state index in [1.54, 1.807) is 47.9 Å². The zero-order chi connectivity index (χ0) is 25.8. The number of imidazole rings is 3. The molecule has 3 aromatic heterocycles. The molecule has 0 saturated heterocycles. The Labute approximate surface area is 211 Å². The van der Waals surface area contributed by atoms with Gasteiger partial charge >= 0.3 is 11.7 Å². The number of carbonyl (C=O) groups excluding carboxylic acids is 1. The predicted octanol–water partition coefficient (Wildman–Crippen LogP) is 4.07. The van der Waals surface area contributed by atoms with Gasteiger partial charge in [0.1, 0.15) is 5.69 Å². The highest BCUT2D eigenvalue weighted by Crippen LogP contribution is 2.32. The van der Waals surface area contributed by atoms with Gasteiger partial charge < -0.3 is 9.30 Å². The van der Waals surface area contributed by atoms with Gasteiger partial charge in [0.05, 0.1) is 47.3 Å². The van der Waals surface area contributed by atoms with Gasteiger partial charge in [0, 0.05) is 26.8 Å². The second-order valence-electron chi connectivity index (χ2n) is 9.01. The van der Waals surface area contributed by atoms with E-state index < -0.39 is 0 Å². The molecule has 184 valence electrons. The third-order valence-corrected chi connectivity index (χ3v) is 6.85. The van der Waals surface area contributed by atoms with Gasteiger partial charge in [-0.15, -0.1) is 0 Å². The second kappa shape index (κ2) is 8.34. The standard InChI is InChI=1S/C28H24N6O3/c1-31-16-29-15-25(31)26-30-21-13-19(17-5-7-18(8-6-17)27(35)37-4)9-11-22(21)34(26)20-10-12-23-24(14-20)33(3)28(36)32(23)2/h5-16H,1-4H3. The van der Waals surface area contributed by atoms with Crippen molar-refractivity contribution < 1.29 is 9.53 Å². The Morgan fingerprint density at radius 1 is 0.838 bits per heavy atom. The van der Waals surface area contributed by atoms with Gasteiger partial charge in [0.2, 0.25) is 0 Å². The summed E-state index contributed by atoms with van der Waals surface area (Å²) < 4.78 is 12.1. The average Bonchev–Trinajstić information content (AvgIpc) is 3.58. The van der Waals surface area contributed by atoms with Crippen LogP contribution in [0.25, 0.3) is 50.4 Å². The van der Waals surface area contributed by atoms with E-state index >= 15 is 0 Å². The van der Waals surface area contributed by atoms with Gasteiger partial charge in [-0.05, 0) is 53.6 Å². The smallest absolute Gasteiger partial charge is 0.337 e. The van der Waals surface area contributed by atoms with Crippen molar-refractivity contribution >= 4 is 28.0 Å². The van der Waals surface area contributed by atoms with Crippen LogP contribution in [0.4, 0.5) is 0 Å². The highest BCUT2D eigenvalue weighted by molar-refractivity contribution is 5.91. The highest BCUT2D eigenvalue weighted by atomic mass is 16.5. The van der Waals surface area contributed by atoms with E-state index in [2.05, 4.69) is 9.55 Å². The van der Waals surface area contributed by atoms with Gasteiger partial charge in [0.25, 0.3) is 0 Å². The number of hydrogen-bond donors (Lipinski definition) is 0. The number of ether oxygens (including phenoxy) is 1. The Hall–Kier alpha value is -4.92. The maximum absolute atomic E-state index is 12.5. The summed E-state index contributed by atoms with van der Waals surface area (Å²) in [5, 5.41) is 0. The molecule has 0 unspecified atom stereocenters. The van der Waals surface area contributed by atoms with Gasteiger partial charge in [-0.3, -0.25) is 13.7 Å². The highest BCUT2D eigenvalue weighted by Gasteiger charge is 2.19. The van der Waals surface area contributed by atoms with Crippen LogP contribution in [0.3, 0.4) is 0 Å². The van der Waals surface area contributed by atoms with Gasteiger partial charge in [-0.25, -0.2) is 19.6 Å². The molecule has 0 amide bonds. The normalized spacial score (nSPS) is 11.5. The second-order valence-corrected chi connectivity index (χ2v) is 9.01. The summed E-state index contributed by atoms with van der Waals surface area (Å²) in [6.45, 7) is 0. The molecule has 0 bridgehead atoms. The number of fused-ring (bicyclic) bond motifs is 2. The van der Waals surface area contributed by atoms with Crippen LogP contribution < -0.4 is 5.69 Å². The number of nitrogens with zero attached hydrogens (tertiary/aromatic N) is 6. The van der Waals surface area contributed by atoms with E-state index in [-0.39, 0.29) is 11.7 Å². The van der Waals surface area contributed by atoms with Crippen molar-refractivity contribution in [2.24, 2.45) is 21.1 Å². The van der Waals surface area contributed by atoms with Crippen molar-refractivity contribution in [3.63, 3.8) is 0 Å². The maximum atomic E-state index is 12.5. The van der Waals surface area contributed by atoms with E-state index in [0.717, 1.165) is 50.4 Å². The first-order valence-corrected chi connectivity index (χ1v) is 11.7. The molecule has 0 atom stereocenters. The number of rotatable bonds is 4. The molecule has 0 radical (unpaired) electrons. The van der Waals surface area contributed by atoms with Gasteiger partial charge in [-0.2, -0.15) is 0 Å². The Bertz CT molecular complexity index is 1890. The zero-order valence-corrected chi connectivity index (χ0v) is 20.8. The van der Waals surface area contributed by atoms with Crippen LogP contribution in [0.1, 0.15) is 10.4 Å². The molecular formula is C28H24N6O3. The van der Waals surface area contributed by atoms with Crippen molar-refractivity contribution in [2.75, 3.05) is 7.11 Å². The lowest BCUT2D eigenvalue weighted by Gasteiger charge is -2.11. The summed E-state index contributed by atoms with van der Waals surface area (Å²) in [5.41, 5.74) is 7.56. The molecular weight excluding hydrogens is 468 g/mol. The summed E-state index contributed by atoms with van der Waals surface area (Å²) in [4.78, 5) is 33.6. The largest absolute Gasteiger partial charge is 0.465 e. The number of carbonyl (C=O) groups is 1. The molecule has 0 N–H and O–H groups in total. The van der Waals surface area contributed by atoms with Crippen molar-refractivity contribution in [1.29, 1.82) is 0 Å². The van der Waals surface area contributed by atoms with Gasteiger partial charge in [-0.1, -0.05) is 18.2 Å². The van der Waals surface area contributed by atoms with Crippen molar-refractivity contribution in [3.8, 4) is 28.3 Å². The Morgan fingerprint density at radius 2 is 1.54 bits per heavy atom. The SMILES string of the molecule is COC(=O)c1ccc(-c2ccc3c(c2)nc(-c2cncn2C)n3-c2ccc3c(c2)n(C)c(=O)n3C)cc1. The van der Waals surface area contributed by atoms with Crippen LogP contribution in [0.15, 0.2) is 78.0 Å². The molecule has 6 rings (SSSR count). The zero-order valence-electron chi connectivity index (χ0n) is 20.8. The third-order valence-electron chi connectivity index (χ3n) is 6.85. The van der Waals surface area contributed by atoms with Crippen LogP contribution in [0.5, 0.6) is 0 Å². The van der Waals surface area contributed by atoms with Crippen molar-refractivity contribution in [3.05, 3.63) is 89.2 Å². The molecule has 0 fully saturated rings. The molecule has 0 aliphatic rings. The summed E-state index contributed by atoms with van der Waals surface area (Å²) in [7, 11) is 6.86. The maximum Gasteiger partial charge on any atom is 0.337 e. The van der Waals surface area contributed by atoms with Crippen LogP contribution in [0, 0.1) is 0 Å². The van der Waals surface area contributed by atoms with Crippen molar-refractivity contribution in [1.82, 2.24) is 28.2 Å².